The van der Waals surface area contributed by atoms with Crippen LogP contribution in [0.15, 0.2) is 6.20 Å². The molecule has 0 spiro atoms. The van der Waals surface area contributed by atoms with Gasteiger partial charge in [-0.15, -0.1) is 0 Å². The van der Waals surface area contributed by atoms with Crippen LogP contribution in [0.1, 0.15) is 12.6 Å². The van der Waals surface area contributed by atoms with Gasteiger partial charge in [-0.05, 0) is 18.6 Å². The van der Waals surface area contributed by atoms with E-state index in [9.17, 15) is 4.79 Å². The van der Waals surface area contributed by atoms with E-state index in [4.69, 9.17) is 12.2 Å². The largest absolute Gasteiger partial charge is 0.468 e. The first-order valence-corrected chi connectivity index (χ1v) is 4.43. The number of aryl methyl sites for hydroxylation is 1. The maximum Gasteiger partial charge on any atom is 0.325 e. The van der Waals surface area contributed by atoms with E-state index in [1.54, 1.807) is 4.57 Å². The van der Waals surface area contributed by atoms with Gasteiger partial charge in [0.25, 0.3) is 0 Å². The third kappa shape index (κ3) is 2.18. The van der Waals surface area contributed by atoms with Gasteiger partial charge in [0.1, 0.15) is 6.54 Å². The van der Waals surface area contributed by atoms with Gasteiger partial charge in [0.15, 0.2) is 4.77 Å². The Bertz CT molecular complexity index is 353. The van der Waals surface area contributed by atoms with E-state index in [1.165, 1.54) is 7.11 Å². The number of aromatic amines is 1. The molecule has 0 bridgehead atoms. The van der Waals surface area contributed by atoms with Crippen molar-refractivity contribution >= 4 is 18.2 Å². The van der Waals surface area contributed by atoms with Crippen molar-refractivity contribution in [3.8, 4) is 0 Å². The first-order chi connectivity index (χ1) is 6.19. The lowest BCUT2D eigenvalue weighted by Crippen LogP contribution is -2.13. The van der Waals surface area contributed by atoms with Gasteiger partial charge in [0.05, 0.1) is 7.11 Å². The van der Waals surface area contributed by atoms with Crippen LogP contribution in [0.3, 0.4) is 0 Å². The highest BCUT2D eigenvalue weighted by Gasteiger charge is 2.06. The molecule has 0 unspecified atom stereocenters. The molecule has 0 aliphatic rings. The first-order valence-electron chi connectivity index (χ1n) is 4.03. The van der Waals surface area contributed by atoms with Crippen LogP contribution in [0.4, 0.5) is 0 Å². The Morgan fingerprint density at radius 2 is 2.46 bits per heavy atom. The molecule has 0 saturated heterocycles. The van der Waals surface area contributed by atoms with Crippen LogP contribution in [0.2, 0.25) is 0 Å². The van der Waals surface area contributed by atoms with Crippen molar-refractivity contribution in [3.05, 3.63) is 16.7 Å². The summed E-state index contributed by atoms with van der Waals surface area (Å²) in [5.41, 5.74) is 1.01. The number of imidazole rings is 1. The maximum atomic E-state index is 11.0. The van der Waals surface area contributed by atoms with E-state index in [0.29, 0.717) is 4.77 Å². The predicted octanol–water partition coefficient (Wildman–Crippen LogP) is 1.28. The number of carbonyl (C=O) groups excluding carboxylic acids is 1. The fraction of sp³-hybridized carbons (Fsp3) is 0.500. The lowest BCUT2D eigenvalue weighted by Gasteiger charge is -2.04. The number of carbonyl (C=O) groups is 1. The fourth-order valence-corrected chi connectivity index (χ4v) is 1.33. The Kier molecular flexibility index (Phi) is 3.25. The highest BCUT2D eigenvalue weighted by atomic mass is 32.1. The molecule has 1 aromatic heterocycles. The van der Waals surface area contributed by atoms with Gasteiger partial charge in [0.2, 0.25) is 0 Å². The summed E-state index contributed by atoms with van der Waals surface area (Å²) in [5, 5.41) is 0. The molecule has 1 aromatic rings. The van der Waals surface area contributed by atoms with Gasteiger partial charge in [-0.2, -0.15) is 0 Å². The average Bonchev–Trinajstić information content (AvgIpc) is 2.48. The monoisotopic (exact) mass is 200 g/mol. The number of nitrogens with zero attached hydrogens (tertiary/aromatic N) is 1. The molecule has 13 heavy (non-hydrogen) atoms. The van der Waals surface area contributed by atoms with Crippen molar-refractivity contribution < 1.29 is 9.53 Å². The second-order valence-corrected chi connectivity index (χ2v) is 2.99. The summed E-state index contributed by atoms with van der Waals surface area (Å²) in [4.78, 5) is 13.9. The van der Waals surface area contributed by atoms with E-state index >= 15 is 0 Å². The predicted molar refractivity (Wildman–Crippen MR) is 51.0 cm³/mol. The molecule has 0 fully saturated rings. The molecule has 0 aromatic carbocycles. The number of hydrogen-bond acceptors (Lipinski definition) is 3. The van der Waals surface area contributed by atoms with Crippen molar-refractivity contribution in [2.45, 2.75) is 19.9 Å². The lowest BCUT2D eigenvalue weighted by atomic mass is 10.3. The van der Waals surface area contributed by atoms with Gasteiger partial charge in [0, 0.05) is 11.9 Å². The summed E-state index contributed by atoms with van der Waals surface area (Å²) in [6.45, 7) is 2.19. The summed E-state index contributed by atoms with van der Waals surface area (Å²) in [5.74, 6) is -0.287. The third-order valence-corrected chi connectivity index (χ3v) is 2.17. The number of aromatic nitrogens is 2. The highest BCUT2D eigenvalue weighted by molar-refractivity contribution is 7.71. The maximum absolute atomic E-state index is 11.0. The van der Waals surface area contributed by atoms with Crippen LogP contribution in [0.25, 0.3) is 0 Å². The minimum absolute atomic E-state index is 0.183. The number of methoxy groups -OCH3 is 1. The third-order valence-electron chi connectivity index (χ3n) is 1.83. The van der Waals surface area contributed by atoms with Crippen molar-refractivity contribution in [3.63, 3.8) is 0 Å². The summed E-state index contributed by atoms with van der Waals surface area (Å²) in [7, 11) is 1.37. The molecule has 0 aliphatic heterocycles. The van der Waals surface area contributed by atoms with Crippen LogP contribution in [0.5, 0.6) is 0 Å². The van der Waals surface area contributed by atoms with Crippen LogP contribution < -0.4 is 0 Å². The van der Waals surface area contributed by atoms with E-state index in [0.717, 1.165) is 12.1 Å². The van der Waals surface area contributed by atoms with Gasteiger partial charge in [-0.25, -0.2) is 0 Å². The number of ether oxygens (including phenoxy) is 1. The van der Waals surface area contributed by atoms with Crippen molar-refractivity contribution in [1.29, 1.82) is 0 Å². The second-order valence-electron chi connectivity index (χ2n) is 2.60. The topological polar surface area (TPSA) is 47.0 Å². The molecule has 1 N–H and O–H groups in total. The first kappa shape index (κ1) is 9.98. The molecule has 0 radical (unpaired) electrons. The van der Waals surface area contributed by atoms with Crippen molar-refractivity contribution in [1.82, 2.24) is 9.55 Å². The molecule has 1 rings (SSSR count). The Labute approximate surface area is 81.5 Å². The molecule has 72 valence electrons. The number of hydrogen-bond donors (Lipinski definition) is 1. The molecular formula is C8H12N2O2S. The van der Waals surface area contributed by atoms with Crippen LogP contribution >= 0.6 is 12.2 Å². The number of esters is 1. The summed E-state index contributed by atoms with van der Waals surface area (Å²) in [6, 6.07) is 0. The number of nitrogens with one attached hydrogen (secondary N) is 1. The van der Waals surface area contributed by atoms with Gasteiger partial charge in [-0.1, -0.05) is 6.92 Å². The molecular weight excluding hydrogens is 188 g/mol. The molecule has 4 nitrogen and oxygen atoms in total. The van der Waals surface area contributed by atoms with E-state index in [1.807, 2.05) is 13.1 Å². The molecule has 0 saturated carbocycles. The van der Waals surface area contributed by atoms with Crippen LogP contribution in [0, 0.1) is 4.77 Å². The summed E-state index contributed by atoms with van der Waals surface area (Å²) in [6.07, 6.45) is 2.65. The molecule has 5 heteroatoms. The van der Waals surface area contributed by atoms with E-state index in [-0.39, 0.29) is 12.5 Å². The van der Waals surface area contributed by atoms with Crippen molar-refractivity contribution in [2.24, 2.45) is 0 Å². The number of rotatable bonds is 3. The summed E-state index contributed by atoms with van der Waals surface area (Å²) < 4.78 is 6.85. The fourth-order valence-electron chi connectivity index (χ4n) is 1.09. The zero-order chi connectivity index (χ0) is 9.84. The molecule has 0 amide bonds. The Morgan fingerprint density at radius 3 is 3.00 bits per heavy atom. The van der Waals surface area contributed by atoms with E-state index in [2.05, 4.69) is 9.72 Å². The standard InChI is InChI=1S/C8H12N2O2S/c1-3-6-4-9-8(13)10(6)5-7(11)12-2/h4H,3,5H2,1-2H3,(H,9,13). The Balaban J connectivity index is 2.92. The van der Waals surface area contributed by atoms with Gasteiger partial charge < -0.3 is 14.3 Å². The minimum Gasteiger partial charge on any atom is -0.468 e. The van der Waals surface area contributed by atoms with Gasteiger partial charge >= 0.3 is 5.97 Å². The zero-order valence-electron chi connectivity index (χ0n) is 7.66. The quantitative estimate of drug-likeness (QED) is 0.590. The van der Waals surface area contributed by atoms with Crippen LogP contribution in [-0.2, 0) is 22.5 Å². The smallest absolute Gasteiger partial charge is 0.325 e. The highest BCUT2D eigenvalue weighted by Crippen LogP contribution is 2.02. The van der Waals surface area contributed by atoms with Crippen LogP contribution in [-0.4, -0.2) is 22.6 Å². The molecule has 0 aliphatic carbocycles. The van der Waals surface area contributed by atoms with E-state index < -0.39 is 0 Å². The number of H-pyrrole nitrogens is 1. The van der Waals surface area contributed by atoms with Gasteiger partial charge in [-0.3, -0.25) is 4.79 Å². The average molecular weight is 200 g/mol. The minimum atomic E-state index is -0.287. The SMILES string of the molecule is CCc1c[nH]c(=S)n1CC(=O)OC. The normalized spacial score (nSPS) is 10.0. The lowest BCUT2D eigenvalue weighted by molar-refractivity contribution is -0.141. The molecule has 0 atom stereocenters. The second kappa shape index (κ2) is 4.23. The summed E-state index contributed by atoms with van der Waals surface area (Å²) >= 11 is 5.01. The Hall–Kier alpha value is -1.10. The van der Waals surface area contributed by atoms with Crippen molar-refractivity contribution in [2.75, 3.05) is 7.11 Å². The zero-order valence-corrected chi connectivity index (χ0v) is 8.48. The Morgan fingerprint density at radius 1 is 1.77 bits per heavy atom. The molecule has 1 heterocycles.